The van der Waals surface area contributed by atoms with Gasteiger partial charge in [-0.2, -0.15) is 0 Å². The summed E-state index contributed by atoms with van der Waals surface area (Å²) in [4.78, 5) is 31.8. The Balaban J connectivity index is 3.96. The topological polar surface area (TPSA) is 108 Å². The van der Waals surface area contributed by atoms with Crippen LogP contribution in [0, 0.1) is 0 Å². The molecule has 20 heavy (non-hydrogen) atoms. The van der Waals surface area contributed by atoms with Gasteiger partial charge in [0.15, 0.2) is 0 Å². The van der Waals surface area contributed by atoms with Crippen molar-refractivity contribution >= 4 is 17.9 Å². The summed E-state index contributed by atoms with van der Waals surface area (Å²) < 4.78 is 19.6. The zero-order valence-electron chi connectivity index (χ0n) is 11.2. The van der Waals surface area contributed by atoms with E-state index in [0.29, 0.717) is 0 Å². The second kappa shape index (κ2) is 10.9. The maximum Gasteiger partial charge on any atom is 0.330 e. The normalized spacial score (nSPS) is 11.4. The fourth-order valence-electron chi connectivity index (χ4n) is 0.951. The highest BCUT2D eigenvalue weighted by Crippen LogP contribution is 1.98. The lowest BCUT2D eigenvalue weighted by Crippen LogP contribution is -2.29. The third-order valence-corrected chi connectivity index (χ3v) is 1.90. The lowest BCUT2D eigenvalue weighted by molar-refractivity contribution is -0.163. The highest BCUT2D eigenvalue weighted by Gasteiger charge is 2.13. The summed E-state index contributed by atoms with van der Waals surface area (Å²) in [6, 6.07) is 0. The highest BCUT2D eigenvalue weighted by molar-refractivity contribution is 5.81. The van der Waals surface area contributed by atoms with Crippen LogP contribution in [0.5, 0.6) is 0 Å². The van der Waals surface area contributed by atoms with Crippen LogP contribution >= 0.6 is 0 Å². The molecular weight excluding hydrogens is 272 g/mol. The lowest BCUT2D eigenvalue weighted by Gasteiger charge is -2.17. The van der Waals surface area contributed by atoms with E-state index < -0.39 is 24.0 Å². The fraction of sp³-hybridized carbons (Fsp3) is 0.583. The van der Waals surface area contributed by atoms with Crippen molar-refractivity contribution in [2.24, 2.45) is 0 Å². The fourth-order valence-corrected chi connectivity index (χ4v) is 0.951. The zero-order valence-corrected chi connectivity index (χ0v) is 11.2. The maximum absolute atomic E-state index is 10.9. The van der Waals surface area contributed by atoms with Crippen LogP contribution in [0.4, 0.5) is 0 Å². The minimum Gasteiger partial charge on any atom is -0.481 e. The van der Waals surface area contributed by atoms with Crippen molar-refractivity contribution in [1.29, 1.82) is 0 Å². The molecule has 0 fully saturated rings. The third kappa shape index (κ3) is 11.2. The molecule has 0 aliphatic heterocycles. The molecule has 1 N–H and O–H groups in total. The Morgan fingerprint density at radius 1 is 1.25 bits per heavy atom. The van der Waals surface area contributed by atoms with Gasteiger partial charge in [-0.1, -0.05) is 6.58 Å². The maximum atomic E-state index is 10.9. The molecule has 1 unspecified atom stereocenters. The largest absolute Gasteiger partial charge is 0.481 e. The molecule has 0 aromatic rings. The molecule has 0 bridgehead atoms. The Bertz CT molecular complexity index is 338. The van der Waals surface area contributed by atoms with Gasteiger partial charge in [0, 0.05) is 13.0 Å². The molecule has 0 aliphatic carbocycles. The number of hydrogen-bond donors (Lipinski definition) is 1. The van der Waals surface area contributed by atoms with Gasteiger partial charge in [-0.15, -0.1) is 0 Å². The number of carbonyl (C=O) groups excluding carboxylic acids is 2. The number of ether oxygens (including phenoxy) is 4. The molecule has 0 saturated heterocycles. The molecule has 0 saturated carbocycles. The van der Waals surface area contributed by atoms with Crippen LogP contribution in [0.3, 0.4) is 0 Å². The SMILES string of the molecule is C=CC(=O)OCC(COC(C)=O)OCOCCC(=O)O. The van der Waals surface area contributed by atoms with Gasteiger partial charge < -0.3 is 24.1 Å². The van der Waals surface area contributed by atoms with Gasteiger partial charge in [0.2, 0.25) is 0 Å². The van der Waals surface area contributed by atoms with E-state index in [1.54, 1.807) is 0 Å². The molecule has 1 atom stereocenters. The predicted octanol–water partition coefficient (Wildman–Crippen LogP) is 0.113. The summed E-state index contributed by atoms with van der Waals surface area (Å²) in [5.74, 6) is -2.12. The molecule has 114 valence electrons. The third-order valence-electron chi connectivity index (χ3n) is 1.90. The first-order chi connectivity index (χ1) is 9.45. The van der Waals surface area contributed by atoms with E-state index in [0.717, 1.165) is 6.08 Å². The number of rotatable bonds is 11. The molecule has 0 aliphatic rings. The average molecular weight is 290 g/mol. The Kier molecular flexibility index (Phi) is 9.89. The number of hydrogen-bond acceptors (Lipinski definition) is 7. The number of esters is 2. The minimum atomic E-state index is -0.985. The molecule has 8 nitrogen and oxygen atoms in total. The molecule has 0 rings (SSSR count). The summed E-state index contributed by atoms with van der Waals surface area (Å²) in [5.41, 5.74) is 0. The van der Waals surface area contributed by atoms with Crippen LogP contribution in [0.25, 0.3) is 0 Å². The smallest absolute Gasteiger partial charge is 0.330 e. The summed E-state index contributed by atoms with van der Waals surface area (Å²) in [6.07, 6.45) is 0.142. The van der Waals surface area contributed by atoms with E-state index in [4.69, 9.17) is 24.1 Å². The van der Waals surface area contributed by atoms with Crippen LogP contribution in [0.1, 0.15) is 13.3 Å². The van der Waals surface area contributed by atoms with Gasteiger partial charge in [-0.05, 0) is 0 Å². The van der Waals surface area contributed by atoms with Crippen LogP contribution < -0.4 is 0 Å². The first-order valence-corrected chi connectivity index (χ1v) is 5.79. The Labute approximate surface area is 116 Å². The Morgan fingerprint density at radius 2 is 1.90 bits per heavy atom. The number of carbonyl (C=O) groups is 3. The summed E-state index contributed by atoms with van der Waals surface area (Å²) in [5, 5.41) is 8.39. The summed E-state index contributed by atoms with van der Waals surface area (Å²) in [7, 11) is 0. The van der Waals surface area contributed by atoms with Crippen LogP contribution in [0.2, 0.25) is 0 Å². The van der Waals surface area contributed by atoms with E-state index in [-0.39, 0.29) is 33.0 Å². The molecule has 0 aromatic heterocycles. The number of aliphatic carboxylic acids is 1. The summed E-state index contributed by atoms with van der Waals surface area (Å²) in [6.45, 7) is 4.00. The Hall–Kier alpha value is -1.93. The second-order valence-corrected chi connectivity index (χ2v) is 3.60. The predicted molar refractivity (Wildman–Crippen MR) is 65.7 cm³/mol. The second-order valence-electron chi connectivity index (χ2n) is 3.60. The standard InChI is InChI=1S/C12H18O8/c1-3-12(16)19-7-10(6-18-9(2)13)20-8-17-5-4-11(14)15/h3,10H,1,4-8H2,2H3,(H,14,15). The minimum absolute atomic E-state index is 0.0118. The average Bonchev–Trinajstić information content (AvgIpc) is 2.39. The van der Waals surface area contributed by atoms with Crippen molar-refractivity contribution in [1.82, 2.24) is 0 Å². The summed E-state index contributed by atoms with van der Waals surface area (Å²) >= 11 is 0. The quantitative estimate of drug-likeness (QED) is 0.247. The van der Waals surface area contributed by atoms with Gasteiger partial charge in [0.25, 0.3) is 0 Å². The molecule has 8 heteroatoms. The first kappa shape index (κ1) is 18.1. The van der Waals surface area contributed by atoms with E-state index in [9.17, 15) is 14.4 Å². The molecule has 0 amide bonds. The van der Waals surface area contributed by atoms with E-state index in [1.807, 2.05) is 0 Å². The molecule has 0 radical (unpaired) electrons. The van der Waals surface area contributed by atoms with Crippen molar-refractivity contribution in [2.75, 3.05) is 26.6 Å². The van der Waals surface area contributed by atoms with E-state index >= 15 is 0 Å². The van der Waals surface area contributed by atoms with Gasteiger partial charge in [0.1, 0.15) is 26.1 Å². The van der Waals surface area contributed by atoms with Crippen molar-refractivity contribution in [3.8, 4) is 0 Å². The van der Waals surface area contributed by atoms with Crippen molar-refractivity contribution in [3.63, 3.8) is 0 Å². The monoisotopic (exact) mass is 290 g/mol. The number of carboxylic acid groups (broad SMARTS) is 1. The van der Waals surface area contributed by atoms with Crippen molar-refractivity contribution in [3.05, 3.63) is 12.7 Å². The highest BCUT2D eigenvalue weighted by atomic mass is 16.7. The lowest BCUT2D eigenvalue weighted by atomic mass is 10.4. The van der Waals surface area contributed by atoms with Crippen LogP contribution in [-0.2, 0) is 33.3 Å². The molecular formula is C12H18O8. The molecule has 0 heterocycles. The first-order valence-electron chi connectivity index (χ1n) is 5.79. The van der Waals surface area contributed by atoms with Crippen molar-refractivity contribution < 1.29 is 38.4 Å². The van der Waals surface area contributed by atoms with Gasteiger partial charge in [-0.25, -0.2) is 4.79 Å². The van der Waals surface area contributed by atoms with Crippen LogP contribution in [-0.4, -0.2) is 55.7 Å². The zero-order chi connectivity index (χ0) is 15.4. The molecule has 0 aromatic carbocycles. The van der Waals surface area contributed by atoms with Gasteiger partial charge >= 0.3 is 17.9 Å². The van der Waals surface area contributed by atoms with E-state index in [1.165, 1.54) is 6.92 Å². The Morgan fingerprint density at radius 3 is 2.45 bits per heavy atom. The van der Waals surface area contributed by atoms with Crippen molar-refractivity contribution in [2.45, 2.75) is 19.4 Å². The number of carboxylic acids is 1. The van der Waals surface area contributed by atoms with Crippen LogP contribution in [0.15, 0.2) is 12.7 Å². The molecule has 0 spiro atoms. The van der Waals surface area contributed by atoms with E-state index in [2.05, 4.69) is 6.58 Å². The van der Waals surface area contributed by atoms with Gasteiger partial charge in [0.05, 0.1) is 13.0 Å². The van der Waals surface area contributed by atoms with Gasteiger partial charge in [-0.3, -0.25) is 9.59 Å².